The molecule has 2 rings (SSSR count). The summed E-state index contributed by atoms with van der Waals surface area (Å²) in [5.41, 5.74) is 1.83. The van der Waals surface area contributed by atoms with E-state index in [1.165, 1.54) is 12.0 Å². The third kappa shape index (κ3) is 5.45. The number of hydrogen-bond acceptors (Lipinski definition) is 1. The summed E-state index contributed by atoms with van der Waals surface area (Å²) in [6.45, 7) is 10.1. The van der Waals surface area contributed by atoms with Crippen LogP contribution in [0.1, 0.15) is 45.1 Å². The van der Waals surface area contributed by atoms with E-state index < -0.39 is 0 Å². The van der Waals surface area contributed by atoms with Gasteiger partial charge in [-0.3, -0.25) is 4.99 Å². The van der Waals surface area contributed by atoms with Gasteiger partial charge >= 0.3 is 0 Å². The van der Waals surface area contributed by atoms with Crippen molar-refractivity contribution in [2.45, 2.75) is 39.5 Å². The third-order valence-corrected chi connectivity index (χ3v) is 4.42. The highest BCUT2D eigenvalue weighted by Gasteiger charge is 2.30. The first-order chi connectivity index (χ1) is 10.0. The van der Waals surface area contributed by atoms with E-state index in [0.717, 1.165) is 32.0 Å². The average Bonchev–Trinajstić information content (AvgIpc) is 2.84. The van der Waals surface area contributed by atoms with Crippen molar-refractivity contribution in [1.29, 1.82) is 0 Å². The lowest BCUT2D eigenvalue weighted by atomic mass is 9.93. The van der Waals surface area contributed by atoms with Crippen molar-refractivity contribution in [3.8, 4) is 0 Å². The van der Waals surface area contributed by atoms with Crippen molar-refractivity contribution in [2.75, 3.05) is 26.7 Å². The summed E-state index contributed by atoms with van der Waals surface area (Å²) < 4.78 is 0. The van der Waals surface area contributed by atoms with Gasteiger partial charge in [0.2, 0.25) is 0 Å². The molecule has 0 aliphatic carbocycles. The summed E-state index contributed by atoms with van der Waals surface area (Å²) in [7, 11) is 1.88. The van der Waals surface area contributed by atoms with Gasteiger partial charge in [-0.05, 0) is 29.7 Å². The van der Waals surface area contributed by atoms with Gasteiger partial charge in [0.1, 0.15) is 0 Å². The Morgan fingerprint density at radius 2 is 2.00 bits per heavy atom. The average molecular weight is 415 g/mol. The standard InChI is InChI=1S/C18H29N3.HI/c1-15(16-8-6-5-7-9-16)10-12-20-17(19-4)21-13-11-18(2,3)14-21;/h5-9,15H,10-14H2,1-4H3,(H,19,20);1H. The number of benzene rings is 1. The quantitative estimate of drug-likeness (QED) is 0.456. The smallest absolute Gasteiger partial charge is 0.193 e. The van der Waals surface area contributed by atoms with E-state index in [2.05, 4.69) is 66.3 Å². The van der Waals surface area contributed by atoms with Crippen LogP contribution < -0.4 is 5.32 Å². The van der Waals surface area contributed by atoms with Crippen molar-refractivity contribution < 1.29 is 0 Å². The van der Waals surface area contributed by atoms with Gasteiger partial charge in [-0.15, -0.1) is 24.0 Å². The Labute approximate surface area is 152 Å². The molecule has 3 nitrogen and oxygen atoms in total. The molecule has 0 bridgehead atoms. The summed E-state index contributed by atoms with van der Waals surface area (Å²) in [6.07, 6.45) is 2.37. The second-order valence-corrected chi connectivity index (χ2v) is 6.91. The molecule has 1 N–H and O–H groups in total. The molecule has 1 aromatic rings. The highest BCUT2D eigenvalue weighted by molar-refractivity contribution is 14.0. The van der Waals surface area contributed by atoms with Crippen LogP contribution in [0.5, 0.6) is 0 Å². The van der Waals surface area contributed by atoms with E-state index in [1.54, 1.807) is 0 Å². The molecule has 1 aliphatic rings. The highest BCUT2D eigenvalue weighted by atomic mass is 127. The second-order valence-electron chi connectivity index (χ2n) is 6.91. The number of nitrogens with one attached hydrogen (secondary N) is 1. The molecule has 0 radical (unpaired) electrons. The SMILES string of the molecule is CN=C(NCCC(C)c1ccccc1)N1CCC(C)(C)C1.I. The highest BCUT2D eigenvalue weighted by Crippen LogP contribution is 2.28. The van der Waals surface area contributed by atoms with Crippen LogP contribution >= 0.6 is 24.0 Å². The first-order valence-electron chi connectivity index (χ1n) is 8.02. The van der Waals surface area contributed by atoms with Gasteiger partial charge in [0.25, 0.3) is 0 Å². The number of likely N-dealkylation sites (tertiary alicyclic amines) is 1. The van der Waals surface area contributed by atoms with E-state index in [9.17, 15) is 0 Å². The lowest BCUT2D eigenvalue weighted by Crippen LogP contribution is -2.41. The Kier molecular flexibility index (Phi) is 7.66. The summed E-state index contributed by atoms with van der Waals surface area (Å²) >= 11 is 0. The maximum absolute atomic E-state index is 4.44. The van der Waals surface area contributed by atoms with Crippen LogP contribution in [-0.4, -0.2) is 37.5 Å². The maximum Gasteiger partial charge on any atom is 0.193 e. The molecule has 1 fully saturated rings. The zero-order valence-electron chi connectivity index (χ0n) is 14.3. The molecule has 124 valence electrons. The molecular formula is C18H30IN3. The molecule has 1 aliphatic heterocycles. The summed E-state index contributed by atoms with van der Waals surface area (Å²) in [6, 6.07) is 10.7. The zero-order chi connectivity index (χ0) is 15.3. The summed E-state index contributed by atoms with van der Waals surface area (Å²) in [5, 5.41) is 3.53. The fourth-order valence-corrected chi connectivity index (χ4v) is 2.97. The molecule has 1 atom stereocenters. The van der Waals surface area contributed by atoms with Crippen molar-refractivity contribution in [1.82, 2.24) is 10.2 Å². The van der Waals surface area contributed by atoms with Crippen molar-refractivity contribution >= 4 is 29.9 Å². The fourth-order valence-electron chi connectivity index (χ4n) is 2.97. The minimum atomic E-state index is 0. The largest absolute Gasteiger partial charge is 0.356 e. The number of aliphatic imine (C=N–C) groups is 1. The van der Waals surface area contributed by atoms with Crippen molar-refractivity contribution in [3.05, 3.63) is 35.9 Å². The summed E-state index contributed by atoms with van der Waals surface area (Å²) in [5.74, 6) is 1.63. The van der Waals surface area contributed by atoms with Crippen molar-refractivity contribution in [2.24, 2.45) is 10.4 Å². The first-order valence-corrected chi connectivity index (χ1v) is 8.02. The van der Waals surface area contributed by atoms with Crippen molar-refractivity contribution in [3.63, 3.8) is 0 Å². The molecule has 1 aromatic carbocycles. The van der Waals surface area contributed by atoms with Crippen LogP contribution in [0, 0.1) is 5.41 Å². The van der Waals surface area contributed by atoms with E-state index in [0.29, 0.717) is 11.3 Å². The molecule has 0 aromatic heterocycles. The third-order valence-electron chi connectivity index (χ3n) is 4.42. The topological polar surface area (TPSA) is 27.6 Å². The van der Waals surface area contributed by atoms with Crippen LogP contribution in [0.15, 0.2) is 35.3 Å². The molecule has 1 saturated heterocycles. The monoisotopic (exact) mass is 415 g/mol. The zero-order valence-corrected chi connectivity index (χ0v) is 16.6. The van der Waals surface area contributed by atoms with E-state index in [-0.39, 0.29) is 24.0 Å². The van der Waals surface area contributed by atoms with Gasteiger partial charge in [-0.2, -0.15) is 0 Å². The van der Waals surface area contributed by atoms with Gasteiger partial charge in [0, 0.05) is 26.7 Å². The molecule has 0 saturated carbocycles. The number of halogens is 1. The number of hydrogen-bond donors (Lipinski definition) is 1. The van der Waals surface area contributed by atoms with E-state index in [1.807, 2.05) is 7.05 Å². The Morgan fingerprint density at radius 3 is 2.55 bits per heavy atom. The summed E-state index contributed by atoms with van der Waals surface area (Å²) in [4.78, 5) is 6.82. The van der Waals surface area contributed by atoms with Crippen LogP contribution in [0.25, 0.3) is 0 Å². The molecular weight excluding hydrogens is 385 g/mol. The predicted octanol–water partition coefficient (Wildman–Crippen LogP) is 4.11. The second kappa shape index (κ2) is 8.75. The number of rotatable bonds is 4. The predicted molar refractivity (Wildman–Crippen MR) is 106 cm³/mol. The Bertz CT molecular complexity index is 470. The van der Waals surface area contributed by atoms with Gasteiger partial charge in [-0.1, -0.05) is 51.1 Å². The van der Waals surface area contributed by atoms with Gasteiger partial charge in [0.15, 0.2) is 5.96 Å². The number of nitrogens with zero attached hydrogens (tertiary/aromatic N) is 2. The van der Waals surface area contributed by atoms with Crippen LogP contribution in [0.3, 0.4) is 0 Å². The molecule has 1 heterocycles. The van der Waals surface area contributed by atoms with Gasteiger partial charge < -0.3 is 10.2 Å². The molecule has 0 spiro atoms. The van der Waals surface area contributed by atoms with Gasteiger partial charge in [-0.25, -0.2) is 0 Å². The lowest BCUT2D eigenvalue weighted by molar-refractivity contribution is 0.370. The Balaban J connectivity index is 0.00000242. The normalized spacial score (nSPS) is 18.7. The van der Waals surface area contributed by atoms with Crippen LogP contribution in [0.2, 0.25) is 0 Å². The lowest BCUT2D eigenvalue weighted by Gasteiger charge is -2.24. The van der Waals surface area contributed by atoms with Crippen LogP contribution in [-0.2, 0) is 0 Å². The Hall–Kier alpha value is -0.780. The van der Waals surface area contributed by atoms with Gasteiger partial charge in [0.05, 0.1) is 0 Å². The fraction of sp³-hybridized carbons (Fsp3) is 0.611. The number of guanidine groups is 1. The van der Waals surface area contributed by atoms with Crippen LogP contribution in [0.4, 0.5) is 0 Å². The Morgan fingerprint density at radius 1 is 1.32 bits per heavy atom. The van der Waals surface area contributed by atoms with E-state index >= 15 is 0 Å². The first kappa shape index (κ1) is 19.3. The molecule has 22 heavy (non-hydrogen) atoms. The minimum absolute atomic E-state index is 0. The molecule has 0 amide bonds. The van der Waals surface area contributed by atoms with E-state index in [4.69, 9.17) is 0 Å². The molecule has 4 heteroatoms. The minimum Gasteiger partial charge on any atom is -0.356 e. The maximum atomic E-state index is 4.44. The molecule has 1 unspecified atom stereocenters.